The van der Waals surface area contributed by atoms with E-state index >= 15 is 0 Å². The van der Waals surface area contributed by atoms with Gasteiger partial charge in [0.15, 0.2) is 5.82 Å². The standard InChI is InChI=1S/C20H24N6O4S2/c1-24-8-10-25(11-9-24)20-14-21-17-6-4-15(12-18(17)23-20)16-5-7-19(22-13-16)26(31(2,27)28)32(3,29)30/h4-7,12-14H,8-11H2,1-3H3. The van der Waals surface area contributed by atoms with E-state index < -0.39 is 20.0 Å². The normalized spacial score (nSPS) is 15.8. The predicted octanol–water partition coefficient (Wildman–Crippen LogP) is 1.17. The number of pyridine rings is 1. The summed E-state index contributed by atoms with van der Waals surface area (Å²) < 4.78 is 48.1. The molecule has 4 rings (SSSR count). The fourth-order valence-electron chi connectivity index (χ4n) is 3.62. The van der Waals surface area contributed by atoms with Gasteiger partial charge < -0.3 is 9.80 Å². The zero-order chi connectivity index (χ0) is 23.1. The van der Waals surface area contributed by atoms with Gasteiger partial charge in [-0.05, 0) is 36.9 Å². The van der Waals surface area contributed by atoms with Crippen molar-refractivity contribution in [2.45, 2.75) is 0 Å². The van der Waals surface area contributed by atoms with Crippen LogP contribution in [-0.4, -0.2) is 82.4 Å². The first-order valence-corrected chi connectivity index (χ1v) is 13.6. The maximum Gasteiger partial charge on any atom is 0.246 e. The Balaban J connectivity index is 1.66. The monoisotopic (exact) mass is 476 g/mol. The van der Waals surface area contributed by atoms with E-state index in [-0.39, 0.29) is 5.82 Å². The first-order valence-electron chi connectivity index (χ1n) is 9.89. The van der Waals surface area contributed by atoms with Gasteiger partial charge >= 0.3 is 0 Å². The van der Waals surface area contributed by atoms with Crippen LogP contribution in [0.4, 0.5) is 11.6 Å². The fraction of sp³-hybridized carbons (Fsp3) is 0.350. The Morgan fingerprint density at radius 2 is 1.47 bits per heavy atom. The van der Waals surface area contributed by atoms with Gasteiger partial charge in [0.1, 0.15) is 5.82 Å². The molecule has 12 heteroatoms. The molecule has 0 radical (unpaired) electrons. The molecule has 3 heterocycles. The average molecular weight is 477 g/mol. The number of fused-ring (bicyclic) bond motifs is 1. The number of benzene rings is 1. The second-order valence-electron chi connectivity index (χ2n) is 7.85. The van der Waals surface area contributed by atoms with Crippen molar-refractivity contribution in [2.75, 3.05) is 54.3 Å². The first-order chi connectivity index (χ1) is 15.0. The molecule has 2 aromatic heterocycles. The van der Waals surface area contributed by atoms with Crippen LogP contribution in [0.3, 0.4) is 0 Å². The summed E-state index contributed by atoms with van der Waals surface area (Å²) >= 11 is 0. The second kappa shape index (κ2) is 8.26. The number of piperazine rings is 1. The topological polar surface area (TPSA) is 117 Å². The molecule has 0 amide bonds. The first kappa shape index (κ1) is 22.4. The molecule has 0 atom stereocenters. The summed E-state index contributed by atoms with van der Waals surface area (Å²) in [6.45, 7) is 3.71. The van der Waals surface area contributed by atoms with E-state index in [1.807, 2.05) is 18.2 Å². The number of anilines is 2. The summed E-state index contributed by atoms with van der Waals surface area (Å²) in [5.41, 5.74) is 3.00. The van der Waals surface area contributed by atoms with Crippen LogP contribution in [0.1, 0.15) is 0 Å². The highest BCUT2D eigenvalue weighted by Gasteiger charge is 2.28. The molecule has 1 aromatic carbocycles. The Morgan fingerprint density at radius 1 is 0.812 bits per heavy atom. The third-order valence-electron chi connectivity index (χ3n) is 5.23. The lowest BCUT2D eigenvalue weighted by Gasteiger charge is -2.33. The molecule has 0 N–H and O–H groups in total. The Labute approximate surface area is 187 Å². The van der Waals surface area contributed by atoms with Crippen LogP contribution in [0.15, 0.2) is 42.7 Å². The number of likely N-dealkylation sites (N-methyl/N-ethyl adjacent to an activating group) is 1. The van der Waals surface area contributed by atoms with Crippen molar-refractivity contribution in [3.8, 4) is 11.1 Å². The highest BCUT2D eigenvalue weighted by Crippen LogP contribution is 2.26. The molecule has 10 nitrogen and oxygen atoms in total. The quantitative estimate of drug-likeness (QED) is 0.535. The highest BCUT2D eigenvalue weighted by atomic mass is 32.3. The van der Waals surface area contributed by atoms with Crippen molar-refractivity contribution in [3.63, 3.8) is 0 Å². The van der Waals surface area contributed by atoms with E-state index in [9.17, 15) is 16.8 Å². The summed E-state index contributed by atoms with van der Waals surface area (Å²) in [6.07, 6.45) is 4.87. The third kappa shape index (κ3) is 4.66. The number of aromatic nitrogens is 3. The van der Waals surface area contributed by atoms with Crippen molar-refractivity contribution in [2.24, 2.45) is 0 Å². The van der Waals surface area contributed by atoms with E-state index in [0.717, 1.165) is 61.1 Å². The summed E-state index contributed by atoms with van der Waals surface area (Å²) in [5.74, 6) is 0.643. The smallest absolute Gasteiger partial charge is 0.246 e. The van der Waals surface area contributed by atoms with Crippen LogP contribution in [0.5, 0.6) is 0 Å². The van der Waals surface area contributed by atoms with Gasteiger partial charge in [-0.25, -0.2) is 26.8 Å². The summed E-state index contributed by atoms with van der Waals surface area (Å²) in [5, 5.41) is 0. The molecule has 0 aliphatic carbocycles. The van der Waals surface area contributed by atoms with E-state index in [1.54, 1.807) is 12.3 Å². The molecule has 3 aromatic rings. The van der Waals surface area contributed by atoms with Crippen LogP contribution in [0.2, 0.25) is 0 Å². The van der Waals surface area contributed by atoms with Crippen LogP contribution in [-0.2, 0) is 20.0 Å². The Kier molecular flexibility index (Phi) is 5.77. The number of hydrogen-bond donors (Lipinski definition) is 0. The van der Waals surface area contributed by atoms with Gasteiger partial charge in [0.2, 0.25) is 20.0 Å². The van der Waals surface area contributed by atoms with Gasteiger partial charge in [-0.1, -0.05) is 6.07 Å². The molecule has 0 spiro atoms. The van der Waals surface area contributed by atoms with E-state index in [4.69, 9.17) is 4.98 Å². The minimum absolute atomic E-state index is 0.184. The van der Waals surface area contributed by atoms with Crippen molar-refractivity contribution in [1.29, 1.82) is 0 Å². The van der Waals surface area contributed by atoms with E-state index in [2.05, 4.69) is 26.8 Å². The molecule has 1 aliphatic heterocycles. The van der Waals surface area contributed by atoms with Crippen LogP contribution in [0.25, 0.3) is 22.2 Å². The van der Waals surface area contributed by atoms with Gasteiger partial charge in [0, 0.05) is 37.9 Å². The van der Waals surface area contributed by atoms with Crippen LogP contribution >= 0.6 is 0 Å². The lowest BCUT2D eigenvalue weighted by atomic mass is 10.1. The van der Waals surface area contributed by atoms with Crippen molar-refractivity contribution >= 4 is 42.7 Å². The largest absolute Gasteiger partial charge is 0.353 e. The minimum atomic E-state index is -4.04. The van der Waals surface area contributed by atoms with Crippen molar-refractivity contribution in [1.82, 2.24) is 19.9 Å². The average Bonchev–Trinajstić information content (AvgIpc) is 2.72. The Hall–Kier alpha value is -2.83. The summed E-state index contributed by atoms with van der Waals surface area (Å²) in [6, 6.07) is 8.62. The van der Waals surface area contributed by atoms with Gasteiger partial charge in [0.05, 0.1) is 29.7 Å². The molecule has 1 aliphatic rings. The van der Waals surface area contributed by atoms with Crippen LogP contribution < -0.4 is 8.61 Å². The van der Waals surface area contributed by atoms with Crippen molar-refractivity contribution in [3.05, 3.63) is 42.7 Å². The van der Waals surface area contributed by atoms with Crippen LogP contribution in [0, 0.1) is 0 Å². The molecular formula is C20H24N6O4S2. The SMILES string of the molecule is CN1CCN(c2cnc3ccc(-c4ccc(N(S(C)(=O)=O)S(C)(=O)=O)nc4)cc3n2)CC1. The number of sulfonamides is 2. The van der Waals surface area contributed by atoms with E-state index in [0.29, 0.717) is 9.27 Å². The molecule has 1 saturated heterocycles. The Bertz CT molecular complexity index is 1320. The number of nitrogens with zero attached hydrogens (tertiary/aromatic N) is 6. The zero-order valence-electron chi connectivity index (χ0n) is 18.0. The molecule has 0 unspecified atom stereocenters. The highest BCUT2D eigenvalue weighted by molar-refractivity contribution is 8.09. The molecule has 32 heavy (non-hydrogen) atoms. The lowest BCUT2D eigenvalue weighted by molar-refractivity contribution is 0.312. The van der Waals surface area contributed by atoms with Crippen molar-refractivity contribution < 1.29 is 16.8 Å². The zero-order valence-corrected chi connectivity index (χ0v) is 19.6. The maximum atomic E-state index is 11.9. The van der Waals surface area contributed by atoms with Gasteiger partial charge in [-0.15, -0.1) is 3.71 Å². The minimum Gasteiger partial charge on any atom is -0.353 e. The molecule has 0 saturated carbocycles. The van der Waals surface area contributed by atoms with Gasteiger partial charge in [0.25, 0.3) is 0 Å². The Morgan fingerprint density at radius 3 is 2.06 bits per heavy atom. The van der Waals surface area contributed by atoms with Gasteiger partial charge in [-0.2, -0.15) is 0 Å². The predicted molar refractivity (Wildman–Crippen MR) is 125 cm³/mol. The lowest BCUT2D eigenvalue weighted by Crippen LogP contribution is -2.44. The molecule has 170 valence electrons. The fourth-order valence-corrected chi connectivity index (χ4v) is 6.48. The summed E-state index contributed by atoms with van der Waals surface area (Å²) in [4.78, 5) is 17.9. The second-order valence-corrected chi connectivity index (χ2v) is 11.7. The molecular weight excluding hydrogens is 452 g/mol. The van der Waals surface area contributed by atoms with E-state index in [1.165, 1.54) is 12.3 Å². The third-order valence-corrected chi connectivity index (χ3v) is 8.43. The van der Waals surface area contributed by atoms with Gasteiger partial charge in [-0.3, -0.25) is 4.98 Å². The molecule has 0 bridgehead atoms. The summed E-state index contributed by atoms with van der Waals surface area (Å²) in [7, 11) is -5.99. The number of rotatable bonds is 5. The maximum absolute atomic E-state index is 11.9. The number of hydrogen-bond acceptors (Lipinski definition) is 9. The molecule has 1 fully saturated rings.